The first-order chi connectivity index (χ1) is 8.04. The molecule has 0 aliphatic heterocycles. The van der Waals surface area contributed by atoms with Crippen molar-refractivity contribution >= 4 is 12.0 Å². The Morgan fingerprint density at radius 1 is 1.29 bits per heavy atom. The summed E-state index contributed by atoms with van der Waals surface area (Å²) >= 11 is 0. The molecule has 0 heterocycles. The maximum absolute atomic E-state index is 11.0. The van der Waals surface area contributed by atoms with Crippen LogP contribution in [0, 0.1) is 0 Å². The number of rotatable bonds is 4. The molecule has 0 radical (unpaired) electrons. The minimum Gasteiger partial charge on any atom is -0.467 e. The SMILES string of the molecule is COC(=O)C(O)/C=C/c1ccc(C(C)C)cc1. The Morgan fingerprint density at radius 2 is 1.88 bits per heavy atom. The molecular formula is C14H18O3. The molecule has 1 rings (SSSR count). The molecule has 1 N–H and O–H groups in total. The summed E-state index contributed by atoms with van der Waals surface area (Å²) in [5, 5.41) is 9.36. The first-order valence-electron chi connectivity index (χ1n) is 5.58. The van der Waals surface area contributed by atoms with Gasteiger partial charge in [0.1, 0.15) is 0 Å². The molecule has 92 valence electrons. The lowest BCUT2D eigenvalue weighted by Gasteiger charge is -2.05. The third-order valence-electron chi connectivity index (χ3n) is 2.52. The van der Waals surface area contributed by atoms with Crippen molar-refractivity contribution in [2.75, 3.05) is 7.11 Å². The first kappa shape index (κ1) is 13.5. The third-order valence-corrected chi connectivity index (χ3v) is 2.52. The fourth-order valence-electron chi connectivity index (χ4n) is 1.39. The van der Waals surface area contributed by atoms with E-state index >= 15 is 0 Å². The highest BCUT2D eigenvalue weighted by atomic mass is 16.5. The lowest BCUT2D eigenvalue weighted by atomic mass is 10.0. The minimum absolute atomic E-state index is 0.494. The van der Waals surface area contributed by atoms with Crippen molar-refractivity contribution in [3.8, 4) is 0 Å². The van der Waals surface area contributed by atoms with Crippen molar-refractivity contribution in [3.05, 3.63) is 41.5 Å². The number of carbonyl (C=O) groups is 1. The van der Waals surface area contributed by atoms with Crippen molar-refractivity contribution in [2.24, 2.45) is 0 Å². The van der Waals surface area contributed by atoms with E-state index in [4.69, 9.17) is 0 Å². The van der Waals surface area contributed by atoms with Gasteiger partial charge < -0.3 is 9.84 Å². The predicted octanol–water partition coefficient (Wildman–Crippen LogP) is 2.36. The number of methoxy groups -OCH3 is 1. The average molecular weight is 234 g/mol. The van der Waals surface area contributed by atoms with Gasteiger partial charge in [-0.05, 0) is 23.1 Å². The van der Waals surface area contributed by atoms with Crippen LogP contribution in [0.25, 0.3) is 6.08 Å². The van der Waals surface area contributed by atoms with Gasteiger partial charge >= 0.3 is 5.97 Å². The standard InChI is InChI=1S/C14H18O3/c1-10(2)12-7-4-11(5-8-12)6-9-13(15)14(16)17-3/h4-10,13,15H,1-3H3/b9-6+. The van der Waals surface area contributed by atoms with Gasteiger partial charge in [0.25, 0.3) is 0 Å². The van der Waals surface area contributed by atoms with E-state index in [-0.39, 0.29) is 0 Å². The number of aliphatic hydroxyl groups is 1. The number of aliphatic hydroxyl groups excluding tert-OH is 1. The summed E-state index contributed by atoms with van der Waals surface area (Å²) in [5.41, 5.74) is 2.20. The predicted molar refractivity (Wildman–Crippen MR) is 67.6 cm³/mol. The summed E-state index contributed by atoms with van der Waals surface area (Å²) in [4.78, 5) is 11.0. The first-order valence-corrected chi connectivity index (χ1v) is 5.58. The molecule has 1 unspecified atom stereocenters. The van der Waals surface area contributed by atoms with E-state index in [0.717, 1.165) is 5.56 Å². The number of carbonyl (C=O) groups excluding carboxylic acids is 1. The second-order valence-corrected chi connectivity index (χ2v) is 4.15. The number of esters is 1. The second-order valence-electron chi connectivity index (χ2n) is 4.15. The number of hydrogen-bond acceptors (Lipinski definition) is 3. The Balaban J connectivity index is 2.69. The molecule has 0 aliphatic carbocycles. The fraction of sp³-hybridized carbons (Fsp3) is 0.357. The summed E-state index contributed by atoms with van der Waals surface area (Å²) in [7, 11) is 1.25. The summed E-state index contributed by atoms with van der Waals surface area (Å²) in [6, 6.07) is 7.98. The van der Waals surface area contributed by atoms with Crippen LogP contribution in [-0.4, -0.2) is 24.3 Å². The topological polar surface area (TPSA) is 46.5 Å². The van der Waals surface area contributed by atoms with Crippen molar-refractivity contribution in [1.29, 1.82) is 0 Å². The Kier molecular flexibility index (Phi) is 4.91. The van der Waals surface area contributed by atoms with E-state index in [2.05, 4.69) is 18.6 Å². The Morgan fingerprint density at radius 3 is 2.35 bits per heavy atom. The molecule has 0 spiro atoms. The average Bonchev–Trinajstić information content (AvgIpc) is 2.35. The van der Waals surface area contributed by atoms with Crippen LogP contribution in [0.4, 0.5) is 0 Å². The molecule has 0 saturated heterocycles. The molecule has 1 atom stereocenters. The Labute approximate surface area is 102 Å². The van der Waals surface area contributed by atoms with Gasteiger partial charge in [0, 0.05) is 0 Å². The smallest absolute Gasteiger partial charge is 0.338 e. The second kappa shape index (κ2) is 6.21. The van der Waals surface area contributed by atoms with Gasteiger partial charge in [-0.15, -0.1) is 0 Å². The summed E-state index contributed by atoms with van der Waals surface area (Å²) in [5.74, 6) is -0.159. The van der Waals surface area contributed by atoms with Gasteiger partial charge in [0.05, 0.1) is 7.11 Å². The molecule has 17 heavy (non-hydrogen) atoms. The van der Waals surface area contributed by atoms with Crippen LogP contribution in [-0.2, 0) is 9.53 Å². The highest BCUT2D eigenvalue weighted by Crippen LogP contribution is 2.15. The molecular weight excluding hydrogens is 216 g/mol. The summed E-state index contributed by atoms with van der Waals surface area (Å²) in [6.07, 6.45) is 1.91. The molecule has 1 aromatic carbocycles. The van der Waals surface area contributed by atoms with Crippen LogP contribution >= 0.6 is 0 Å². The van der Waals surface area contributed by atoms with Gasteiger partial charge in [0.15, 0.2) is 6.10 Å². The van der Waals surface area contributed by atoms with E-state index in [9.17, 15) is 9.90 Å². The largest absolute Gasteiger partial charge is 0.467 e. The van der Waals surface area contributed by atoms with Crippen molar-refractivity contribution in [2.45, 2.75) is 25.9 Å². The van der Waals surface area contributed by atoms with Gasteiger partial charge in [0.2, 0.25) is 0 Å². The zero-order valence-corrected chi connectivity index (χ0v) is 10.4. The van der Waals surface area contributed by atoms with Crippen LogP contribution in [0.1, 0.15) is 30.9 Å². The third kappa shape index (κ3) is 4.04. The minimum atomic E-state index is -1.20. The van der Waals surface area contributed by atoms with E-state index < -0.39 is 12.1 Å². The number of benzene rings is 1. The van der Waals surface area contributed by atoms with Crippen LogP contribution in [0.15, 0.2) is 30.3 Å². The highest BCUT2D eigenvalue weighted by Gasteiger charge is 2.10. The highest BCUT2D eigenvalue weighted by molar-refractivity contribution is 5.77. The Hall–Kier alpha value is -1.61. The van der Waals surface area contributed by atoms with Crippen molar-refractivity contribution in [3.63, 3.8) is 0 Å². The van der Waals surface area contributed by atoms with E-state index in [1.165, 1.54) is 18.7 Å². The summed E-state index contributed by atoms with van der Waals surface area (Å²) in [6.45, 7) is 4.26. The monoisotopic (exact) mass is 234 g/mol. The molecule has 0 aliphatic rings. The van der Waals surface area contributed by atoms with E-state index in [0.29, 0.717) is 5.92 Å². The van der Waals surface area contributed by atoms with Crippen LogP contribution in [0.2, 0.25) is 0 Å². The van der Waals surface area contributed by atoms with Gasteiger partial charge in [-0.25, -0.2) is 4.79 Å². The van der Waals surface area contributed by atoms with Gasteiger partial charge in [-0.3, -0.25) is 0 Å². The molecule has 3 heteroatoms. The molecule has 1 aromatic rings. The van der Waals surface area contributed by atoms with Crippen molar-refractivity contribution < 1.29 is 14.6 Å². The van der Waals surface area contributed by atoms with Crippen LogP contribution in [0.3, 0.4) is 0 Å². The molecule has 0 saturated carbocycles. The zero-order chi connectivity index (χ0) is 12.8. The van der Waals surface area contributed by atoms with Gasteiger partial charge in [-0.1, -0.05) is 44.2 Å². The Bertz CT molecular complexity index is 390. The maximum Gasteiger partial charge on any atom is 0.338 e. The van der Waals surface area contributed by atoms with Crippen LogP contribution in [0.5, 0.6) is 0 Å². The number of hydrogen-bond donors (Lipinski definition) is 1. The molecule has 3 nitrogen and oxygen atoms in total. The molecule has 0 aromatic heterocycles. The van der Waals surface area contributed by atoms with E-state index in [1.807, 2.05) is 24.3 Å². The molecule has 0 fully saturated rings. The molecule has 0 bridgehead atoms. The van der Waals surface area contributed by atoms with Gasteiger partial charge in [-0.2, -0.15) is 0 Å². The lowest BCUT2D eigenvalue weighted by molar-refractivity contribution is -0.147. The molecule has 0 amide bonds. The van der Waals surface area contributed by atoms with Crippen LogP contribution < -0.4 is 0 Å². The van der Waals surface area contributed by atoms with E-state index in [1.54, 1.807) is 6.08 Å². The summed E-state index contributed by atoms with van der Waals surface area (Å²) < 4.78 is 4.41. The number of ether oxygens (including phenoxy) is 1. The quantitative estimate of drug-likeness (QED) is 0.813. The normalized spacial score (nSPS) is 13.0. The maximum atomic E-state index is 11.0. The fourth-order valence-corrected chi connectivity index (χ4v) is 1.39. The zero-order valence-electron chi connectivity index (χ0n) is 10.4. The lowest BCUT2D eigenvalue weighted by Crippen LogP contribution is -2.18. The van der Waals surface area contributed by atoms with Crippen molar-refractivity contribution in [1.82, 2.24) is 0 Å².